The number of imide groups is 1. The van der Waals surface area contributed by atoms with Gasteiger partial charge in [0.25, 0.3) is 11.8 Å². The summed E-state index contributed by atoms with van der Waals surface area (Å²) < 4.78 is 7.72. The maximum absolute atomic E-state index is 12.1. The third-order valence-electron chi connectivity index (χ3n) is 7.85. The molecule has 5 rings (SSSR count). The zero-order valence-electron chi connectivity index (χ0n) is 26.2. The van der Waals surface area contributed by atoms with Gasteiger partial charge in [-0.3, -0.25) is 14.4 Å². The van der Waals surface area contributed by atoms with E-state index in [0.29, 0.717) is 47.1 Å². The van der Waals surface area contributed by atoms with Crippen molar-refractivity contribution in [1.29, 1.82) is 0 Å². The highest BCUT2D eigenvalue weighted by Crippen LogP contribution is 2.32. The molecule has 0 bridgehead atoms. The smallest absolute Gasteiger partial charge is 0.333 e. The zero-order chi connectivity index (χ0) is 33.5. The van der Waals surface area contributed by atoms with Gasteiger partial charge in [-0.25, -0.2) is 14.8 Å². The van der Waals surface area contributed by atoms with Crippen molar-refractivity contribution in [3.05, 3.63) is 53.3 Å². The first kappa shape index (κ1) is 33.1. The number of benzene rings is 2. The molecule has 3 heterocycles. The SMILES string of the molecule is CCCCc1nc2c(N)nc3cc(CCOCCNC(=O)CCC(=O)ON4C(=O)CCC4=O)ccc3c2n1Cc1cc(O)ccc1O. The van der Waals surface area contributed by atoms with Crippen LogP contribution in [-0.4, -0.2) is 73.3 Å². The number of hydrogen-bond acceptors (Lipinski definition) is 11. The van der Waals surface area contributed by atoms with Gasteiger partial charge >= 0.3 is 5.97 Å². The number of ether oxygens (including phenoxy) is 1. The molecule has 0 atom stereocenters. The van der Waals surface area contributed by atoms with Crippen LogP contribution in [0.3, 0.4) is 0 Å². The number of hydrogen-bond donors (Lipinski definition) is 4. The van der Waals surface area contributed by atoms with Crippen molar-refractivity contribution in [2.45, 2.75) is 64.8 Å². The number of phenols is 2. The lowest BCUT2D eigenvalue weighted by Gasteiger charge is -2.13. The van der Waals surface area contributed by atoms with Crippen LogP contribution in [0.25, 0.3) is 21.9 Å². The van der Waals surface area contributed by atoms with Gasteiger partial charge in [-0.2, -0.15) is 0 Å². The Morgan fingerprint density at radius 3 is 2.55 bits per heavy atom. The number of phenolic OH excluding ortho intramolecular Hbond substituents is 2. The number of amides is 3. The fraction of sp³-hybridized carbons (Fsp3) is 0.394. The normalized spacial score (nSPS) is 13.2. The summed E-state index contributed by atoms with van der Waals surface area (Å²) >= 11 is 0. The fourth-order valence-corrected chi connectivity index (χ4v) is 5.39. The number of nitrogens with one attached hydrogen (secondary N) is 1. The number of hydroxylamine groups is 2. The van der Waals surface area contributed by atoms with Crippen LogP contribution in [0.4, 0.5) is 5.82 Å². The number of aromatic hydroxyl groups is 2. The van der Waals surface area contributed by atoms with Gasteiger partial charge in [0, 0.05) is 43.2 Å². The predicted molar refractivity (Wildman–Crippen MR) is 171 cm³/mol. The first-order valence-electron chi connectivity index (χ1n) is 15.6. The number of anilines is 1. The number of fused-ring (bicyclic) bond motifs is 3. The van der Waals surface area contributed by atoms with E-state index in [1.165, 1.54) is 12.1 Å². The van der Waals surface area contributed by atoms with Gasteiger partial charge in [0.2, 0.25) is 5.91 Å². The Bertz CT molecular complexity index is 1800. The lowest BCUT2D eigenvalue weighted by Crippen LogP contribution is -2.33. The average molecular weight is 647 g/mol. The van der Waals surface area contributed by atoms with Crippen molar-refractivity contribution >= 4 is 51.4 Å². The Labute approximate surface area is 270 Å². The van der Waals surface area contributed by atoms with Gasteiger partial charge in [0.05, 0.1) is 37.2 Å². The minimum Gasteiger partial charge on any atom is -0.508 e. The number of pyridine rings is 1. The van der Waals surface area contributed by atoms with E-state index in [-0.39, 0.29) is 56.2 Å². The van der Waals surface area contributed by atoms with Crippen molar-refractivity contribution in [3.63, 3.8) is 0 Å². The molecule has 5 N–H and O–H groups in total. The van der Waals surface area contributed by atoms with Gasteiger partial charge in [0.1, 0.15) is 22.8 Å². The molecule has 14 nitrogen and oxygen atoms in total. The Hall–Kier alpha value is -5.24. The molecule has 0 unspecified atom stereocenters. The zero-order valence-corrected chi connectivity index (χ0v) is 26.2. The van der Waals surface area contributed by atoms with E-state index in [1.807, 2.05) is 22.8 Å². The highest BCUT2D eigenvalue weighted by Gasteiger charge is 2.32. The number of nitrogen functional groups attached to an aromatic ring is 1. The summed E-state index contributed by atoms with van der Waals surface area (Å²) in [6.07, 6.45) is 2.80. The fourth-order valence-electron chi connectivity index (χ4n) is 5.39. The molecule has 1 saturated heterocycles. The molecule has 14 heteroatoms. The summed E-state index contributed by atoms with van der Waals surface area (Å²) in [5.41, 5.74) is 10.0. The number of carbonyl (C=O) groups excluding carboxylic acids is 4. The molecule has 1 fully saturated rings. The minimum absolute atomic E-state index is 0.00412. The highest BCUT2D eigenvalue weighted by molar-refractivity contribution is 6.07. The van der Waals surface area contributed by atoms with E-state index in [4.69, 9.17) is 20.3 Å². The molecule has 1 aliphatic heterocycles. The van der Waals surface area contributed by atoms with Gasteiger partial charge < -0.3 is 35.4 Å². The molecule has 0 aliphatic carbocycles. The first-order chi connectivity index (χ1) is 22.6. The molecule has 0 radical (unpaired) electrons. The third kappa shape index (κ3) is 7.95. The van der Waals surface area contributed by atoms with Crippen LogP contribution >= 0.6 is 0 Å². The molecule has 4 aromatic rings. The number of aryl methyl sites for hydroxylation is 1. The second-order valence-electron chi connectivity index (χ2n) is 11.3. The van der Waals surface area contributed by atoms with Crippen LogP contribution in [-0.2, 0) is 48.1 Å². The van der Waals surface area contributed by atoms with Crippen molar-refractivity contribution in [3.8, 4) is 11.5 Å². The van der Waals surface area contributed by atoms with Crippen LogP contribution in [0.15, 0.2) is 36.4 Å². The average Bonchev–Trinajstić information content (AvgIpc) is 3.57. The molecule has 0 saturated carbocycles. The molecule has 3 amide bonds. The van der Waals surface area contributed by atoms with E-state index in [2.05, 4.69) is 17.2 Å². The van der Waals surface area contributed by atoms with Crippen LogP contribution in [0.2, 0.25) is 0 Å². The van der Waals surface area contributed by atoms with E-state index in [9.17, 15) is 29.4 Å². The topological polar surface area (TPSA) is 199 Å². The molecular weight excluding hydrogens is 608 g/mol. The molecule has 0 spiro atoms. The van der Waals surface area contributed by atoms with E-state index in [1.54, 1.807) is 6.07 Å². The van der Waals surface area contributed by atoms with Crippen LogP contribution in [0.5, 0.6) is 11.5 Å². The summed E-state index contributed by atoms with van der Waals surface area (Å²) in [7, 11) is 0. The second kappa shape index (κ2) is 14.9. The number of nitrogens with two attached hydrogens (primary N) is 1. The van der Waals surface area contributed by atoms with Gasteiger partial charge in [0.15, 0.2) is 5.82 Å². The largest absolute Gasteiger partial charge is 0.508 e. The number of unbranched alkanes of at least 4 members (excludes halogenated alkanes) is 1. The van der Waals surface area contributed by atoms with E-state index < -0.39 is 17.8 Å². The van der Waals surface area contributed by atoms with Crippen LogP contribution < -0.4 is 11.1 Å². The second-order valence-corrected chi connectivity index (χ2v) is 11.3. The third-order valence-corrected chi connectivity index (χ3v) is 7.85. The lowest BCUT2D eigenvalue weighted by molar-refractivity contribution is -0.197. The molecule has 1 aliphatic rings. The highest BCUT2D eigenvalue weighted by atomic mass is 16.7. The van der Waals surface area contributed by atoms with E-state index >= 15 is 0 Å². The Morgan fingerprint density at radius 2 is 1.79 bits per heavy atom. The Kier molecular flexibility index (Phi) is 10.5. The molecule has 2 aromatic carbocycles. The number of imidazole rings is 1. The summed E-state index contributed by atoms with van der Waals surface area (Å²) in [6.45, 7) is 3.29. The Morgan fingerprint density at radius 1 is 1.00 bits per heavy atom. The lowest BCUT2D eigenvalue weighted by atomic mass is 10.1. The van der Waals surface area contributed by atoms with Crippen LogP contribution in [0, 0.1) is 0 Å². The maximum atomic E-state index is 12.1. The maximum Gasteiger partial charge on any atom is 0.333 e. The van der Waals surface area contributed by atoms with Gasteiger partial charge in [-0.05, 0) is 42.7 Å². The van der Waals surface area contributed by atoms with Gasteiger partial charge in [-0.15, -0.1) is 5.06 Å². The number of nitrogens with zero attached hydrogens (tertiary/aromatic N) is 4. The summed E-state index contributed by atoms with van der Waals surface area (Å²) in [4.78, 5) is 61.2. The van der Waals surface area contributed by atoms with Gasteiger partial charge in [-0.1, -0.05) is 25.5 Å². The molecule has 2 aromatic heterocycles. The summed E-state index contributed by atoms with van der Waals surface area (Å²) in [6, 6.07) is 10.4. The number of rotatable bonds is 15. The monoisotopic (exact) mass is 646 g/mol. The minimum atomic E-state index is -0.829. The van der Waals surface area contributed by atoms with Crippen molar-refractivity contribution < 1.29 is 39.0 Å². The molecule has 47 heavy (non-hydrogen) atoms. The van der Waals surface area contributed by atoms with Crippen molar-refractivity contribution in [2.24, 2.45) is 0 Å². The summed E-state index contributed by atoms with van der Waals surface area (Å²) in [5, 5.41) is 24.5. The number of aromatic nitrogens is 3. The van der Waals surface area contributed by atoms with Crippen molar-refractivity contribution in [1.82, 2.24) is 24.9 Å². The standard InChI is InChI=1S/C33H38N6O8/c1-2-3-4-26-37-31-32(38(26)19-21-18-22(40)6-8-25(21)41)23-7-5-20(17-24(23)36-33(31)34)13-15-46-16-14-35-27(42)9-12-30(45)47-39-28(43)10-11-29(39)44/h5-8,17-18,40-41H,2-4,9-16,19H2,1H3,(H2,34,36)(H,35,42). The molecular formula is C33H38N6O8. The number of carbonyl (C=O) groups is 4. The quantitative estimate of drug-likeness (QED) is 0.0841. The predicted octanol–water partition coefficient (Wildman–Crippen LogP) is 3.03. The summed E-state index contributed by atoms with van der Waals surface area (Å²) in [5.74, 6) is -1.09. The first-order valence-corrected chi connectivity index (χ1v) is 15.6. The van der Waals surface area contributed by atoms with E-state index in [0.717, 1.165) is 41.6 Å². The Balaban J connectivity index is 1.16. The van der Waals surface area contributed by atoms with Crippen LogP contribution in [0.1, 0.15) is 62.4 Å². The molecule has 248 valence electrons. The van der Waals surface area contributed by atoms with Crippen molar-refractivity contribution in [2.75, 3.05) is 25.5 Å².